The van der Waals surface area contributed by atoms with Crippen LogP contribution in [0.2, 0.25) is 0 Å². The summed E-state index contributed by atoms with van der Waals surface area (Å²) in [5.41, 5.74) is 0. The highest BCUT2D eigenvalue weighted by molar-refractivity contribution is 5.81. The zero-order valence-corrected chi connectivity index (χ0v) is 11.8. The molecule has 0 radical (unpaired) electrons. The number of aliphatic carboxylic acids is 1. The molecule has 3 atom stereocenters. The molecular formula is C14H22N2O4. The van der Waals surface area contributed by atoms with Crippen molar-refractivity contribution in [2.75, 3.05) is 13.6 Å². The number of likely N-dealkylation sites (tertiary alicyclic amines) is 1. The third-order valence-corrected chi connectivity index (χ3v) is 4.37. The molecular weight excluding hydrogens is 260 g/mol. The molecule has 20 heavy (non-hydrogen) atoms. The molecule has 0 aromatic rings. The van der Waals surface area contributed by atoms with E-state index in [9.17, 15) is 14.4 Å². The Morgan fingerprint density at radius 2 is 1.95 bits per heavy atom. The largest absolute Gasteiger partial charge is 0.481 e. The fourth-order valence-electron chi connectivity index (χ4n) is 3.10. The van der Waals surface area contributed by atoms with Crippen LogP contribution in [0, 0.1) is 11.8 Å². The number of nitrogens with one attached hydrogen (secondary N) is 1. The van der Waals surface area contributed by atoms with Crippen LogP contribution in [0.4, 0.5) is 0 Å². The van der Waals surface area contributed by atoms with E-state index in [2.05, 4.69) is 5.32 Å². The number of rotatable bonds is 3. The van der Waals surface area contributed by atoms with Crippen molar-refractivity contribution in [3.05, 3.63) is 0 Å². The van der Waals surface area contributed by atoms with E-state index < -0.39 is 11.9 Å². The Morgan fingerprint density at radius 3 is 2.60 bits per heavy atom. The lowest BCUT2D eigenvalue weighted by Gasteiger charge is -2.32. The Hall–Kier alpha value is -1.59. The minimum Gasteiger partial charge on any atom is -0.481 e. The molecule has 2 fully saturated rings. The Morgan fingerprint density at radius 1 is 1.25 bits per heavy atom. The van der Waals surface area contributed by atoms with Crippen LogP contribution in [0.1, 0.15) is 38.5 Å². The maximum Gasteiger partial charge on any atom is 0.306 e. The van der Waals surface area contributed by atoms with Crippen molar-refractivity contribution < 1.29 is 19.5 Å². The van der Waals surface area contributed by atoms with Crippen molar-refractivity contribution in [3.63, 3.8) is 0 Å². The van der Waals surface area contributed by atoms with E-state index in [4.69, 9.17) is 5.11 Å². The quantitative estimate of drug-likeness (QED) is 0.794. The van der Waals surface area contributed by atoms with Crippen LogP contribution in [0.5, 0.6) is 0 Å². The average molecular weight is 282 g/mol. The van der Waals surface area contributed by atoms with Crippen LogP contribution in [0.3, 0.4) is 0 Å². The molecule has 1 heterocycles. The molecule has 0 spiro atoms. The number of hydrogen-bond donors (Lipinski definition) is 2. The second-order valence-corrected chi connectivity index (χ2v) is 5.92. The summed E-state index contributed by atoms with van der Waals surface area (Å²) in [6, 6.07) is -0.00426. The minimum absolute atomic E-state index is 0.00426. The summed E-state index contributed by atoms with van der Waals surface area (Å²) < 4.78 is 0. The van der Waals surface area contributed by atoms with Crippen molar-refractivity contribution in [2.45, 2.75) is 44.6 Å². The number of piperidine rings is 1. The van der Waals surface area contributed by atoms with Gasteiger partial charge in [-0.15, -0.1) is 0 Å². The summed E-state index contributed by atoms with van der Waals surface area (Å²) in [4.78, 5) is 36.3. The molecule has 1 saturated carbocycles. The first-order chi connectivity index (χ1) is 9.47. The Labute approximate surface area is 118 Å². The van der Waals surface area contributed by atoms with Crippen LogP contribution in [-0.2, 0) is 14.4 Å². The third kappa shape index (κ3) is 3.49. The Kier molecular flexibility index (Phi) is 4.62. The third-order valence-electron chi connectivity index (χ3n) is 4.37. The summed E-state index contributed by atoms with van der Waals surface area (Å²) in [7, 11) is 1.74. The van der Waals surface area contributed by atoms with Gasteiger partial charge in [0.1, 0.15) is 0 Å². The standard InChI is InChI=1S/C14H22N2O4/c1-16-8-11(5-6-12(16)17)15-13(18)9-3-2-4-10(7-9)14(19)20/h9-11H,2-8H2,1H3,(H,15,18)(H,19,20). The second-order valence-electron chi connectivity index (χ2n) is 5.92. The minimum atomic E-state index is -0.800. The first kappa shape index (κ1) is 14.8. The smallest absolute Gasteiger partial charge is 0.306 e. The van der Waals surface area contributed by atoms with Crippen molar-refractivity contribution in [1.29, 1.82) is 0 Å². The van der Waals surface area contributed by atoms with Crippen molar-refractivity contribution >= 4 is 17.8 Å². The number of amides is 2. The van der Waals surface area contributed by atoms with Gasteiger partial charge in [0.25, 0.3) is 0 Å². The summed E-state index contributed by atoms with van der Waals surface area (Å²) in [5, 5.41) is 12.0. The van der Waals surface area contributed by atoms with Crippen LogP contribution < -0.4 is 5.32 Å². The summed E-state index contributed by atoms with van der Waals surface area (Å²) in [6.45, 7) is 0.541. The van der Waals surface area contributed by atoms with Gasteiger partial charge in [0.2, 0.25) is 11.8 Å². The van der Waals surface area contributed by atoms with Gasteiger partial charge in [0.15, 0.2) is 0 Å². The van der Waals surface area contributed by atoms with Crippen LogP contribution >= 0.6 is 0 Å². The highest BCUT2D eigenvalue weighted by atomic mass is 16.4. The zero-order chi connectivity index (χ0) is 14.7. The number of likely N-dealkylation sites (N-methyl/N-ethyl adjacent to an activating group) is 1. The normalized spacial score (nSPS) is 30.9. The summed E-state index contributed by atoms with van der Waals surface area (Å²) in [6.07, 6.45) is 3.78. The van der Waals surface area contributed by atoms with E-state index in [1.54, 1.807) is 11.9 Å². The lowest BCUT2D eigenvalue weighted by atomic mass is 9.81. The molecule has 112 valence electrons. The molecule has 6 heteroatoms. The fraction of sp³-hybridized carbons (Fsp3) is 0.786. The van der Waals surface area contributed by atoms with Gasteiger partial charge >= 0.3 is 5.97 Å². The molecule has 1 saturated heterocycles. The molecule has 1 aliphatic carbocycles. The van der Waals surface area contributed by atoms with Gasteiger partial charge in [-0.25, -0.2) is 0 Å². The number of carbonyl (C=O) groups is 3. The van der Waals surface area contributed by atoms with Crippen LogP contribution in [0.15, 0.2) is 0 Å². The highest BCUT2D eigenvalue weighted by Gasteiger charge is 2.32. The predicted octanol–water partition coefficient (Wildman–Crippen LogP) is 0.614. The van der Waals surface area contributed by atoms with Crippen LogP contribution in [-0.4, -0.2) is 47.4 Å². The van der Waals surface area contributed by atoms with Crippen molar-refractivity contribution in [1.82, 2.24) is 10.2 Å². The summed E-state index contributed by atoms with van der Waals surface area (Å²) >= 11 is 0. The van der Waals surface area contributed by atoms with E-state index in [-0.39, 0.29) is 23.8 Å². The summed E-state index contributed by atoms with van der Waals surface area (Å²) in [5.74, 6) is -1.34. The topological polar surface area (TPSA) is 86.7 Å². The van der Waals surface area contributed by atoms with Gasteiger partial charge in [-0.3, -0.25) is 14.4 Å². The maximum absolute atomic E-state index is 12.2. The molecule has 6 nitrogen and oxygen atoms in total. The van der Waals surface area contributed by atoms with Gasteiger partial charge < -0.3 is 15.3 Å². The Balaban J connectivity index is 1.85. The SMILES string of the molecule is CN1CC(NC(=O)C2CCCC(C(=O)O)C2)CCC1=O. The molecule has 3 unspecified atom stereocenters. The van der Waals surface area contributed by atoms with Crippen LogP contribution in [0.25, 0.3) is 0 Å². The van der Waals surface area contributed by atoms with E-state index in [1.165, 1.54) is 0 Å². The number of nitrogens with zero attached hydrogens (tertiary/aromatic N) is 1. The molecule has 2 aliphatic rings. The average Bonchev–Trinajstić information content (AvgIpc) is 2.43. The predicted molar refractivity (Wildman–Crippen MR) is 71.9 cm³/mol. The Bertz CT molecular complexity index is 410. The lowest BCUT2D eigenvalue weighted by molar-refractivity contribution is -0.144. The van der Waals surface area contributed by atoms with Gasteiger partial charge in [0.05, 0.1) is 5.92 Å². The van der Waals surface area contributed by atoms with Crippen molar-refractivity contribution in [3.8, 4) is 0 Å². The van der Waals surface area contributed by atoms with Gasteiger partial charge in [-0.1, -0.05) is 6.42 Å². The molecule has 2 N–H and O–H groups in total. The molecule has 2 rings (SSSR count). The molecule has 0 aromatic heterocycles. The van der Waals surface area contributed by atoms with E-state index in [0.717, 1.165) is 12.8 Å². The second kappa shape index (κ2) is 6.24. The lowest BCUT2D eigenvalue weighted by Crippen LogP contribution is -2.50. The van der Waals surface area contributed by atoms with E-state index in [1.807, 2.05) is 0 Å². The molecule has 0 aromatic carbocycles. The molecule has 0 bridgehead atoms. The maximum atomic E-state index is 12.2. The van der Waals surface area contributed by atoms with Gasteiger partial charge in [0, 0.05) is 32.0 Å². The van der Waals surface area contributed by atoms with E-state index >= 15 is 0 Å². The number of hydrogen-bond acceptors (Lipinski definition) is 3. The number of carboxylic acid groups (broad SMARTS) is 1. The number of carboxylic acids is 1. The number of carbonyl (C=O) groups excluding carboxylic acids is 2. The monoisotopic (exact) mass is 282 g/mol. The highest BCUT2D eigenvalue weighted by Crippen LogP contribution is 2.29. The van der Waals surface area contributed by atoms with Gasteiger partial charge in [-0.2, -0.15) is 0 Å². The molecule has 2 amide bonds. The first-order valence-corrected chi connectivity index (χ1v) is 7.24. The van der Waals surface area contributed by atoms with E-state index in [0.29, 0.717) is 32.2 Å². The first-order valence-electron chi connectivity index (χ1n) is 7.24. The fourth-order valence-corrected chi connectivity index (χ4v) is 3.10. The molecule has 1 aliphatic heterocycles. The van der Waals surface area contributed by atoms with Crippen molar-refractivity contribution in [2.24, 2.45) is 11.8 Å². The van der Waals surface area contributed by atoms with Gasteiger partial charge in [-0.05, 0) is 25.7 Å². The zero-order valence-electron chi connectivity index (χ0n) is 11.8.